The molecule has 0 fully saturated rings. The Bertz CT molecular complexity index is 584. The summed E-state index contributed by atoms with van der Waals surface area (Å²) in [6.45, 7) is 0. The van der Waals surface area contributed by atoms with Crippen molar-refractivity contribution in [3.8, 4) is 5.75 Å². The number of hydrogen-bond acceptors (Lipinski definition) is 4. The lowest BCUT2D eigenvalue weighted by atomic mass is 10.0. The third-order valence-electron chi connectivity index (χ3n) is 3.37. The van der Waals surface area contributed by atoms with Gasteiger partial charge in [-0.3, -0.25) is 0 Å². The first-order valence-electron chi connectivity index (χ1n) is 5.87. The molecule has 0 amide bonds. The van der Waals surface area contributed by atoms with E-state index in [1.807, 2.05) is 12.1 Å². The summed E-state index contributed by atoms with van der Waals surface area (Å²) in [7, 11) is 1.28. The number of esters is 2. The van der Waals surface area contributed by atoms with Crippen molar-refractivity contribution in [2.45, 2.75) is 19.3 Å². The molecule has 1 aliphatic heterocycles. The standard InChI is InChI=1S/C14H12O4/c1-17-13(15)7-11-10-5-8-3-2-4-9(8)6-12(10)18-14(11)16/h5-7H,2-4H2,1H3/b11-7+. The fourth-order valence-electron chi connectivity index (χ4n) is 2.47. The number of rotatable bonds is 1. The molecule has 0 unspecified atom stereocenters. The Balaban J connectivity index is 2.10. The van der Waals surface area contributed by atoms with Crippen LogP contribution in [0.4, 0.5) is 0 Å². The van der Waals surface area contributed by atoms with Crippen LogP contribution in [0.5, 0.6) is 5.75 Å². The molecule has 0 saturated heterocycles. The van der Waals surface area contributed by atoms with Gasteiger partial charge in [0.25, 0.3) is 0 Å². The van der Waals surface area contributed by atoms with E-state index in [1.54, 1.807) is 0 Å². The van der Waals surface area contributed by atoms with Gasteiger partial charge in [0.1, 0.15) is 5.75 Å². The summed E-state index contributed by atoms with van der Waals surface area (Å²) in [5, 5.41) is 0. The number of fused-ring (bicyclic) bond motifs is 2. The van der Waals surface area contributed by atoms with E-state index in [0.717, 1.165) is 19.3 Å². The van der Waals surface area contributed by atoms with E-state index < -0.39 is 11.9 Å². The number of benzene rings is 1. The number of carbonyl (C=O) groups excluding carboxylic acids is 2. The van der Waals surface area contributed by atoms with Gasteiger partial charge in [0.2, 0.25) is 0 Å². The highest BCUT2D eigenvalue weighted by molar-refractivity contribution is 6.24. The molecule has 1 aromatic rings. The van der Waals surface area contributed by atoms with Crippen molar-refractivity contribution in [3.05, 3.63) is 34.9 Å². The zero-order valence-corrected chi connectivity index (χ0v) is 9.99. The molecule has 4 nitrogen and oxygen atoms in total. The van der Waals surface area contributed by atoms with E-state index in [-0.39, 0.29) is 5.57 Å². The van der Waals surface area contributed by atoms with Crippen molar-refractivity contribution < 1.29 is 19.1 Å². The molecule has 18 heavy (non-hydrogen) atoms. The highest BCUT2D eigenvalue weighted by Crippen LogP contribution is 2.38. The summed E-state index contributed by atoms with van der Waals surface area (Å²) in [6.07, 6.45) is 4.36. The lowest BCUT2D eigenvalue weighted by molar-refractivity contribution is -0.135. The Morgan fingerprint density at radius 2 is 2.06 bits per heavy atom. The maximum atomic E-state index is 11.7. The molecule has 4 heteroatoms. The summed E-state index contributed by atoms with van der Waals surface area (Å²) in [6, 6.07) is 3.87. The second kappa shape index (κ2) is 3.98. The van der Waals surface area contributed by atoms with E-state index in [9.17, 15) is 9.59 Å². The molecule has 2 aliphatic rings. The van der Waals surface area contributed by atoms with Crippen molar-refractivity contribution in [3.63, 3.8) is 0 Å². The zero-order valence-electron chi connectivity index (χ0n) is 9.99. The number of hydrogen-bond donors (Lipinski definition) is 0. The molecular weight excluding hydrogens is 232 g/mol. The molecule has 1 heterocycles. The van der Waals surface area contributed by atoms with Gasteiger partial charge < -0.3 is 9.47 Å². The smallest absolute Gasteiger partial charge is 0.344 e. The van der Waals surface area contributed by atoms with Gasteiger partial charge in [0.05, 0.1) is 12.7 Å². The molecule has 0 spiro atoms. The second-order valence-corrected chi connectivity index (χ2v) is 4.44. The van der Waals surface area contributed by atoms with Gasteiger partial charge in [0, 0.05) is 11.6 Å². The number of ether oxygens (including phenoxy) is 2. The predicted molar refractivity (Wildman–Crippen MR) is 64.1 cm³/mol. The van der Waals surface area contributed by atoms with E-state index >= 15 is 0 Å². The topological polar surface area (TPSA) is 52.6 Å². The Hall–Kier alpha value is -2.10. The van der Waals surface area contributed by atoms with Crippen LogP contribution in [0.1, 0.15) is 23.1 Å². The Kier molecular flexibility index (Phi) is 2.44. The molecule has 0 bridgehead atoms. The third-order valence-corrected chi connectivity index (χ3v) is 3.37. The normalized spacial score (nSPS) is 18.5. The van der Waals surface area contributed by atoms with Crippen LogP contribution in [0, 0.1) is 0 Å². The Morgan fingerprint density at radius 1 is 1.33 bits per heavy atom. The molecule has 1 aliphatic carbocycles. The second-order valence-electron chi connectivity index (χ2n) is 4.44. The highest BCUT2D eigenvalue weighted by Gasteiger charge is 2.30. The minimum Gasteiger partial charge on any atom is -0.466 e. The van der Waals surface area contributed by atoms with Crippen LogP contribution in [0.2, 0.25) is 0 Å². The zero-order chi connectivity index (χ0) is 12.7. The van der Waals surface area contributed by atoms with Crippen LogP contribution in [-0.4, -0.2) is 19.0 Å². The highest BCUT2D eigenvalue weighted by atomic mass is 16.5. The van der Waals surface area contributed by atoms with Crippen molar-refractivity contribution in [1.82, 2.24) is 0 Å². The maximum Gasteiger partial charge on any atom is 0.344 e. The molecule has 92 valence electrons. The summed E-state index contributed by atoms with van der Waals surface area (Å²) in [4.78, 5) is 23.0. The van der Waals surface area contributed by atoms with Crippen LogP contribution >= 0.6 is 0 Å². The molecule has 3 rings (SSSR count). The minimum atomic E-state index is -0.546. The summed E-state index contributed by atoms with van der Waals surface area (Å²) in [5.74, 6) is -0.481. The van der Waals surface area contributed by atoms with Crippen molar-refractivity contribution in [1.29, 1.82) is 0 Å². The molecule has 0 N–H and O–H groups in total. The van der Waals surface area contributed by atoms with Crippen LogP contribution in [0.15, 0.2) is 18.2 Å². The van der Waals surface area contributed by atoms with Crippen molar-refractivity contribution in [2.75, 3.05) is 7.11 Å². The maximum absolute atomic E-state index is 11.7. The summed E-state index contributed by atoms with van der Waals surface area (Å²) < 4.78 is 9.72. The number of methoxy groups -OCH3 is 1. The van der Waals surface area contributed by atoms with Crippen LogP contribution in [0.25, 0.3) is 5.57 Å². The summed E-state index contributed by atoms with van der Waals surface area (Å²) >= 11 is 0. The van der Waals surface area contributed by atoms with E-state index in [1.165, 1.54) is 24.3 Å². The van der Waals surface area contributed by atoms with Crippen molar-refractivity contribution in [2.24, 2.45) is 0 Å². The van der Waals surface area contributed by atoms with Crippen LogP contribution in [0.3, 0.4) is 0 Å². The van der Waals surface area contributed by atoms with Gasteiger partial charge in [-0.1, -0.05) is 0 Å². The fourth-order valence-corrected chi connectivity index (χ4v) is 2.47. The van der Waals surface area contributed by atoms with Gasteiger partial charge in [-0.05, 0) is 42.5 Å². The Labute approximate surface area is 104 Å². The van der Waals surface area contributed by atoms with Gasteiger partial charge in [-0.15, -0.1) is 0 Å². The first-order valence-corrected chi connectivity index (χ1v) is 5.87. The largest absolute Gasteiger partial charge is 0.466 e. The average molecular weight is 244 g/mol. The fraction of sp³-hybridized carbons (Fsp3) is 0.286. The van der Waals surface area contributed by atoms with E-state index in [2.05, 4.69) is 4.74 Å². The van der Waals surface area contributed by atoms with E-state index in [4.69, 9.17) is 4.74 Å². The third kappa shape index (κ3) is 1.61. The Morgan fingerprint density at radius 3 is 2.78 bits per heavy atom. The van der Waals surface area contributed by atoms with Gasteiger partial charge in [0.15, 0.2) is 0 Å². The SMILES string of the molecule is COC(=O)/C=C1/C(=O)Oc2cc3c(cc21)CCC3. The lowest BCUT2D eigenvalue weighted by Gasteiger charge is -2.02. The quantitative estimate of drug-likeness (QED) is 0.428. The number of carbonyl (C=O) groups is 2. The molecule has 0 aromatic heterocycles. The van der Waals surface area contributed by atoms with Crippen LogP contribution < -0.4 is 4.74 Å². The predicted octanol–water partition coefficient (Wildman–Crippen LogP) is 1.65. The summed E-state index contributed by atoms with van der Waals surface area (Å²) in [5.41, 5.74) is 3.46. The number of aryl methyl sites for hydroxylation is 2. The van der Waals surface area contributed by atoms with Crippen molar-refractivity contribution >= 4 is 17.5 Å². The molecule has 1 aromatic carbocycles. The molecule has 0 radical (unpaired) electrons. The molecule has 0 saturated carbocycles. The first-order chi connectivity index (χ1) is 8.69. The first kappa shape index (κ1) is 11.0. The van der Waals surface area contributed by atoms with Gasteiger partial charge in [-0.25, -0.2) is 9.59 Å². The van der Waals surface area contributed by atoms with Crippen LogP contribution in [-0.2, 0) is 27.2 Å². The molecular formula is C14H12O4. The van der Waals surface area contributed by atoms with Gasteiger partial charge >= 0.3 is 11.9 Å². The van der Waals surface area contributed by atoms with Gasteiger partial charge in [-0.2, -0.15) is 0 Å². The monoisotopic (exact) mass is 244 g/mol. The average Bonchev–Trinajstić information content (AvgIpc) is 2.91. The minimum absolute atomic E-state index is 0.284. The molecule has 0 atom stereocenters. The van der Waals surface area contributed by atoms with E-state index in [0.29, 0.717) is 11.3 Å². The lowest BCUT2D eigenvalue weighted by Crippen LogP contribution is -2.04.